The van der Waals surface area contributed by atoms with E-state index in [9.17, 15) is 8.42 Å². The third-order valence-corrected chi connectivity index (χ3v) is 7.04. The van der Waals surface area contributed by atoms with Gasteiger partial charge in [-0.25, -0.2) is 17.9 Å². The second-order valence-electron chi connectivity index (χ2n) is 6.95. The normalized spacial score (nSPS) is 18.7. The Kier molecular flexibility index (Phi) is 4.08. The summed E-state index contributed by atoms with van der Waals surface area (Å²) in [4.78, 5) is 4.69. The fraction of sp³-hybridized carbons (Fsp3) is 0.368. The van der Waals surface area contributed by atoms with E-state index in [1.807, 2.05) is 39.0 Å². The third kappa shape index (κ3) is 2.71. The van der Waals surface area contributed by atoms with Gasteiger partial charge in [-0.05, 0) is 62.9 Å². The molecule has 1 aliphatic rings. The van der Waals surface area contributed by atoms with Crippen molar-refractivity contribution in [2.24, 2.45) is 0 Å². The van der Waals surface area contributed by atoms with Gasteiger partial charge in [0.15, 0.2) is 5.65 Å². The molecule has 0 radical (unpaired) electrons. The Morgan fingerprint density at radius 2 is 1.88 bits per heavy atom. The lowest BCUT2D eigenvalue weighted by atomic mass is 10.1. The van der Waals surface area contributed by atoms with E-state index >= 15 is 0 Å². The quantitative estimate of drug-likeness (QED) is 0.710. The molecule has 0 unspecified atom stereocenters. The van der Waals surface area contributed by atoms with Gasteiger partial charge in [-0.3, -0.25) is 0 Å². The fourth-order valence-electron chi connectivity index (χ4n) is 3.61. The van der Waals surface area contributed by atoms with E-state index in [1.165, 1.54) is 0 Å². The summed E-state index contributed by atoms with van der Waals surface area (Å²) in [6, 6.07) is 8.88. The molecule has 0 saturated carbocycles. The van der Waals surface area contributed by atoms with Crippen molar-refractivity contribution in [1.82, 2.24) is 18.9 Å². The molecule has 4 rings (SSSR count). The first-order chi connectivity index (χ1) is 12.4. The van der Waals surface area contributed by atoms with Gasteiger partial charge >= 0.3 is 0 Å². The molecule has 1 aliphatic heterocycles. The lowest BCUT2D eigenvalue weighted by Crippen LogP contribution is -2.31. The molecule has 0 N–H and O–H groups in total. The first-order valence-electron chi connectivity index (χ1n) is 8.78. The smallest absolute Gasteiger partial charge is 0.237 e. The van der Waals surface area contributed by atoms with E-state index < -0.39 is 10.0 Å². The van der Waals surface area contributed by atoms with Crippen LogP contribution in [0.15, 0.2) is 41.4 Å². The monoisotopic (exact) mass is 370 g/mol. The molecule has 26 heavy (non-hydrogen) atoms. The highest BCUT2D eigenvalue weighted by atomic mass is 32.2. The summed E-state index contributed by atoms with van der Waals surface area (Å²) in [6.45, 7) is 6.35. The van der Waals surface area contributed by atoms with Crippen LogP contribution in [-0.2, 0) is 10.0 Å². The maximum atomic E-state index is 13.3. The van der Waals surface area contributed by atoms with Crippen molar-refractivity contribution in [3.63, 3.8) is 0 Å². The second-order valence-corrected chi connectivity index (χ2v) is 8.84. The van der Waals surface area contributed by atoms with Crippen molar-refractivity contribution in [2.75, 3.05) is 6.54 Å². The molecule has 1 aromatic carbocycles. The second kappa shape index (κ2) is 6.17. The zero-order valence-corrected chi connectivity index (χ0v) is 16.0. The molecule has 3 heterocycles. The van der Waals surface area contributed by atoms with Gasteiger partial charge in [0, 0.05) is 18.8 Å². The Labute approximate surface area is 153 Å². The molecular weight excluding hydrogens is 348 g/mol. The summed E-state index contributed by atoms with van der Waals surface area (Å²) in [5, 5.41) is 4.51. The van der Waals surface area contributed by atoms with Gasteiger partial charge in [0.1, 0.15) is 0 Å². The first kappa shape index (κ1) is 17.2. The molecule has 1 saturated heterocycles. The van der Waals surface area contributed by atoms with Gasteiger partial charge in [-0.2, -0.15) is 9.40 Å². The van der Waals surface area contributed by atoms with Crippen LogP contribution in [0.1, 0.15) is 41.4 Å². The van der Waals surface area contributed by atoms with Crippen LogP contribution >= 0.6 is 0 Å². The zero-order valence-electron chi connectivity index (χ0n) is 15.2. The van der Waals surface area contributed by atoms with Crippen LogP contribution in [0.3, 0.4) is 0 Å². The Morgan fingerprint density at radius 1 is 1.08 bits per heavy atom. The molecule has 2 aromatic heterocycles. The number of hydrogen-bond donors (Lipinski definition) is 0. The average molecular weight is 370 g/mol. The number of benzene rings is 1. The molecule has 1 fully saturated rings. The van der Waals surface area contributed by atoms with Gasteiger partial charge in [0.25, 0.3) is 0 Å². The maximum absolute atomic E-state index is 13.3. The lowest BCUT2D eigenvalue weighted by Gasteiger charge is -2.25. The third-order valence-electron chi connectivity index (χ3n) is 5.14. The van der Waals surface area contributed by atoms with E-state index in [2.05, 4.69) is 10.1 Å². The number of rotatable bonds is 3. The lowest BCUT2D eigenvalue weighted by molar-refractivity contribution is 0.385. The largest absolute Gasteiger partial charge is 0.243 e. The van der Waals surface area contributed by atoms with Crippen LogP contribution in [-0.4, -0.2) is 33.9 Å². The first-order valence-corrected chi connectivity index (χ1v) is 10.2. The molecule has 0 bridgehead atoms. The van der Waals surface area contributed by atoms with Crippen molar-refractivity contribution in [2.45, 2.75) is 44.6 Å². The van der Waals surface area contributed by atoms with Crippen molar-refractivity contribution in [1.29, 1.82) is 0 Å². The minimum absolute atomic E-state index is 0.230. The standard InChI is InChI=1S/C19H22N4O2S/c1-13-6-7-16(11-14(13)2)26(24,25)22-10-4-5-17(22)18-8-9-20-19-12-15(3)21-23(18)19/h6-9,11-12,17H,4-5,10H2,1-3H3/t17-/m1/s1. The van der Waals surface area contributed by atoms with Gasteiger partial charge in [0.2, 0.25) is 10.0 Å². The summed E-state index contributed by atoms with van der Waals surface area (Å²) in [5.74, 6) is 0. The summed E-state index contributed by atoms with van der Waals surface area (Å²) < 4.78 is 30.0. The van der Waals surface area contributed by atoms with E-state index in [0.29, 0.717) is 11.4 Å². The van der Waals surface area contributed by atoms with Crippen LogP contribution in [0.2, 0.25) is 0 Å². The average Bonchev–Trinajstić information content (AvgIpc) is 3.22. The highest BCUT2D eigenvalue weighted by molar-refractivity contribution is 7.89. The van der Waals surface area contributed by atoms with E-state index in [-0.39, 0.29) is 6.04 Å². The van der Waals surface area contributed by atoms with Crippen molar-refractivity contribution < 1.29 is 8.42 Å². The van der Waals surface area contributed by atoms with Crippen LogP contribution in [0.5, 0.6) is 0 Å². The molecule has 0 aliphatic carbocycles. The Morgan fingerprint density at radius 3 is 2.65 bits per heavy atom. The molecule has 7 heteroatoms. The van der Waals surface area contributed by atoms with Crippen LogP contribution < -0.4 is 0 Å². The molecule has 1 atom stereocenters. The Bertz CT molecular complexity index is 1090. The van der Waals surface area contributed by atoms with Crippen LogP contribution in [0.25, 0.3) is 5.65 Å². The number of aromatic nitrogens is 3. The van der Waals surface area contributed by atoms with E-state index in [4.69, 9.17) is 0 Å². The Balaban J connectivity index is 1.79. The van der Waals surface area contributed by atoms with Gasteiger partial charge in [-0.1, -0.05) is 6.07 Å². The van der Waals surface area contributed by atoms with Gasteiger partial charge in [-0.15, -0.1) is 0 Å². The SMILES string of the molecule is Cc1cc2nccc([C@H]3CCCN3S(=O)(=O)c3ccc(C)c(C)c3)n2n1. The minimum Gasteiger partial charge on any atom is -0.237 e. The molecule has 136 valence electrons. The van der Waals surface area contributed by atoms with Gasteiger partial charge < -0.3 is 0 Å². The molecular formula is C19H22N4O2S. The summed E-state index contributed by atoms with van der Waals surface area (Å²) in [6.07, 6.45) is 3.34. The summed E-state index contributed by atoms with van der Waals surface area (Å²) in [5.41, 5.74) is 4.55. The zero-order chi connectivity index (χ0) is 18.5. The molecule has 0 amide bonds. The number of hydrogen-bond acceptors (Lipinski definition) is 4. The molecule has 6 nitrogen and oxygen atoms in total. The highest BCUT2D eigenvalue weighted by Crippen LogP contribution is 2.36. The fourth-order valence-corrected chi connectivity index (χ4v) is 5.37. The van der Waals surface area contributed by atoms with Crippen molar-refractivity contribution >= 4 is 15.7 Å². The maximum Gasteiger partial charge on any atom is 0.243 e. The Hall–Kier alpha value is -2.25. The van der Waals surface area contributed by atoms with Crippen LogP contribution in [0.4, 0.5) is 0 Å². The highest BCUT2D eigenvalue weighted by Gasteiger charge is 2.37. The van der Waals surface area contributed by atoms with Gasteiger partial charge in [0.05, 0.1) is 22.3 Å². The van der Waals surface area contributed by atoms with E-state index in [1.54, 1.807) is 27.2 Å². The topological polar surface area (TPSA) is 67.6 Å². The summed E-state index contributed by atoms with van der Waals surface area (Å²) in [7, 11) is -3.57. The number of sulfonamides is 1. The predicted molar refractivity (Wildman–Crippen MR) is 99.5 cm³/mol. The molecule has 3 aromatic rings. The van der Waals surface area contributed by atoms with Crippen molar-refractivity contribution in [3.8, 4) is 0 Å². The number of aryl methyl sites for hydroxylation is 3. The van der Waals surface area contributed by atoms with Crippen molar-refractivity contribution in [3.05, 3.63) is 59.0 Å². The molecule has 0 spiro atoms. The number of nitrogens with zero attached hydrogens (tertiary/aromatic N) is 4. The summed E-state index contributed by atoms with van der Waals surface area (Å²) >= 11 is 0. The van der Waals surface area contributed by atoms with E-state index in [0.717, 1.165) is 41.0 Å². The minimum atomic E-state index is -3.57. The predicted octanol–water partition coefficient (Wildman–Crippen LogP) is 3.18. The number of fused-ring (bicyclic) bond motifs is 1. The van der Waals surface area contributed by atoms with Crippen LogP contribution in [0, 0.1) is 20.8 Å².